The van der Waals surface area contributed by atoms with Gasteiger partial charge in [-0.05, 0) is 46.2 Å². The van der Waals surface area contributed by atoms with E-state index < -0.39 is 0 Å². The Morgan fingerprint density at radius 2 is 2.17 bits per heavy atom. The Morgan fingerprint density at radius 1 is 1.39 bits per heavy atom. The first kappa shape index (κ1) is 15.9. The number of rotatable bonds is 4. The van der Waals surface area contributed by atoms with Crippen molar-refractivity contribution in [3.8, 4) is 0 Å². The second-order valence-electron chi connectivity index (χ2n) is 4.94. The zero-order valence-corrected chi connectivity index (χ0v) is 12.9. The van der Waals surface area contributed by atoms with Crippen molar-refractivity contribution >= 4 is 23.7 Å². The van der Waals surface area contributed by atoms with Gasteiger partial charge in [0.2, 0.25) is 0 Å². The molecule has 1 aromatic rings. The molecular formula is C13H24ClN3S. The fraction of sp³-hybridized carbons (Fsp3) is 0.769. The van der Waals surface area contributed by atoms with E-state index in [-0.39, 0.29) is 12.4 Å². The first-order chi connectivity index (χ1) is 8.20. The molecule has 0 radical (unpaired) electrons. The summed E-state index contributed by atoms with van der Waals surface area (Å²) in [6.45, 7) is 7.32. The third-order valence-corrected chi connectivity index (χ3v) is 4.65. The van der Waals surface area contributed by atoms with Gasteiger partial charge >= 0.3 is 0 Å². The number of halogens is 1. The highest BCUT2D eigenvalue weighted by Crippen LogP contribution is 2.25. The Kier molecular flexibility index (Phi) is 6.57. The molecule has 0 spiro atoms. The molecule has 2 rings (SSSR count). The molecule has 0 bridgehead atoms. The Balaban J connectivity index is 0.00000162. The van der Waals surface area contributed by atoms with Gasteiger partial charge in [-0.2, -0.15) is 0 Å². The molecule has 1 saturated heterocycles. The van der Waals surface area contributed by atoms with Crippen molar-refractivity contribution in [2.24, 2.45) is 5.73 Å². The molecular weight excluding hydrogens is 266 g/mol. The van der Waals surface area contributed by atoms with Crippen LogP contribution in [0.5, 0.6) is 0 Å². The topological polar surface area (TPSA) is 42.2 Å². The lowest BCUT2D eigenvalue weighted by molar-refractivity contribution is 0.135. The lowest BCUT2D eigenvalue weighted by atomic mass is 9.99. The number of hydrogen-bond donors (Lipinski definition) is 1. The maximum Gasteiger partial charge on any atom is 0.0900 e. The predicted octanol–water partition coefficient (Wildman–Crippen LogP) is 2.89. The molecule has 0 amide bonds. The summed E-state index contributed by atoms with van der Waals surface area (Å²) in [5, 5.41) is 1.19. The average Bonchev–Trinajstić information content (AvgIpc) is 2.61. The van der Waals surface area contributed by atoms with Crippen molar-refractivity contribution < 1.29 is 0 Å². The summed E-state index contributed by atoms with van der Waals surface area (Å²) in [6.07, 6.45) is 5.14. The van der Waals surface area contributed by atoms with Gasteiger partial charge in [0.1, 0.15) is 0 Å². The van der Waals surface area contributed by atoms with Gasteiger partial charge in [0.25, 0.3) is 0 Å². The normalized spacial score (nSPS) is 20.7. The SMILES string of the molecule is Cc1nc(C)c(CN2CCCCC2CCN)s1.Cl. The molecule has 2 heterocycles. The van der Waals surface area contributed by atoms with Gasteiger partial charge < -0.3 is 5.73 Å². The minimum atomic E-state index is 0. The molecule has 2 N–H and O–H groups in total. The van der Waals surface area contributed by atoms with Crippen molar-refractivity contribution in [1.82, 2.24) is 9.88 Å². The molecule has 3 nitrogen and oxygen atoms in total. The van der Waals surface area contributed by atoms with Gasteiger partial charge in [0, 0.05) is 17.5 Å². The molecule has 5 heteroatoms. The van der Waals surface area contributed by atoms with Gasteiger partial charge in [0.15, 0.2) is 0 Å². The van der Waals surface area contributed by atoms with E-state index in [1.54, 1.807) is 0 Å². The number of nitrogens with two attached hydrogens (primary N) is 1. The molecule has 0 saturated carbocycles. The second kappa shape index (κ2) is 7.43. The van der Waals surface area contributed by atoms with Gasteiger partial charge in [0.05, 0.1) is 10.7 Å². The van der Waals surface area contributed by atoms with Crippen LogP contribution in [0.3, 0.4) is 0 Å². The van der Waals surface area contributed by atoms with Gasteiger partial charge in [-0.3, -0.25) is 4.90 Å². The van der Waals surface area contributed by atoms with Crippen LogP contribution in [-0.2, 0) is 6.54 Å². The van der Waals surface area contributed by atoms with Crippen LogP contribution in [0.1, 0.15) is 41.3 Å². The second-order valence-corrected chi connectivity index (χ2v) is 6.23. The molecule has 1 aliphatic heterocycles. The van der Waals surface area contributed by atoms with Crippen LogP contribution >= 0.6 is 23.7 Å². The largest absolute Gasteiger partial charge is 0.330 e. The Hall–Kier alpha value is -0.160. The van der Waals surface area contributed by atoms with Crippen molar-refractivity contribution in [1.29, 1.82) is 0 Å². The standard InChI is InChI=1S/C13H23N3S.ClH/c1-10-13(17-11(2)15-10)9-16-8-4-3-5-12(16)6-7-14;/h12H,3-9,14H2,1-2H3;1H. The lowest BCUT2D eigenvalue weighted by Crippen LogP contribution is -2.40. The summed E-state index contributed by atoms with van der Waals surface area (Å²) in [6, 6.07) is 0.690. The zero-order valence-electron chi connectivity index (χ0n) is 11.3. The predicted molar refractivity (Wildman–Crippen MR) is 80.6 cm³/mol. The fourth-order valence-corrected chi connectivity index (χ4v) is 3.65. The third kappa shape index (κ3) is 3.92. The van der Waals surface area contributed by atoms with Crippen LogP contribution in [0.2, 0.25) is 0 Å². The molecule has 18 heavy (non-hydrogen) atoms. The van der Waals surface area contributed by atoms with Crippen LogP contribution in [0.25, 0.3) is 0 Å². The third-order valence-electron chi connectivity index (χ3n) is 3.60. The number of likely N-dealkylation sites (tertiary alicyclic amines) is 1. The molecule has 1 atom stereocenters. The van der Waals surface area contributed by atoms with E-state index in [4.69, 9.17) is 5.73 Å². The minimum Gasteiger partial charge on any atom is -0.330 e. The van der Waals surface area contributed by atoms with Crippen LogP contribution in [0.4, 0.5) is 0 Å². The van der Waals surface area contributed by atoms with Gasteiger partial charge in [-0.1, -0.05) is 6.42 Å². The zero-order chi connectivity index (χ0) is 12.3. The molecule has 1 fully saturated rings. The van der Waals surface area contributed by atoms with E-state index in [1.165, 1.54) is 41.4 Å². The summed E-state index contributed by atoms with van der Waals surface area (Å²) in [5.74, 6) is 0. The summed E-state index contributed by atoms with van der Waals surface area (Å²) in [7, 11) is 0. The molecule has 0 aromatic carbocycles. The monoisotopic (exact) mass is 289 g/mol. The summed E-state index contributed by atoms with van der Waals surface area (Å²) in [4.78, 5) is 8.56. The molecule has 1 aromatic heterocycles. The highest BCUT2D eigenvalue weighted by atomic mass is 35.5. The summed E-state index contributed by atoms with van der Waals surface area (Å²) < 4.78 is 0. The summed E-state index contributed by atoms with van der Waals surface area (Å²) >= 11 is 1.84. The Labute approximate surface area is 120 Å². The number of aromatic nitrogens is 1. The summed E-state index contributed by atoms with van der Waals surface area (Å²) in [5.41, 5.74) is 6.93. The number of thiazole rings is 1. The van der Waals surface area contributed by atoms with E-state index in [9.17, 15) is 0 Å². The smallest absolute Gasteiger partial charge is 0.0900 e. The van der Waals surface area contributed by atoms with Crippen LogP contribution in [0.15, 0.2) is 0 Å². The fourth-order valence-electron chi connectivity index (χ4n) is 2.69. The molecule has 0 aliphatic carbocycles. The van der Waals surface area contributed by atoms with Gasteiger partial charge in [-0.25, -0.2) is 4.98 Å². The van der Waals surface area contributed by atoms with Crippen molar-refractivity contribution in [3.63, 3.8) is 0 Å². The van der Waals surface area contributed by atoms with Gasteiger partial charge in [-0.15, -0.1) is 23.7 Å². The van der Waals surface area contributed by atoms with Crippen LogP contribution < -0.4 is 5.73 Å². The first-order valence-electron chi connectivity index (χ1n) is 6.57. The van der Waals surface area contributed by atoms with E-state index in [2.05, 4.69) is 23.7 Å². The lowest BCUT2D eigenvalue weighted by Gasteiger charge is -2.35. The van der Waals surface area contributed by atoms with E-state index in [1.807, 2.05) is 11.3 Å². The van der Waals surface area contributed by atoms with Crippen LogP contribution in [0, 0.1) is 13.8 Å². The van der Waals surface area contributed by atoms with Crippen molar-refractivity contribution in [2.75, 3.05) is 13.1 Å². The first-order valence-corrected chi connectivity index (χ1v) is 7.39. The van der Waals surface area contributed by atoms with E-state index in [0.717, 1.165) is 19.5 Å². The molecule has 1 unspecified atom stereocenters. The average molecular weight is 290 g/mol. The van der Waals surface area contributed by atoms with E-state index in [0.29, 0.717) is 6.04 Å². The van der Waals surface area contributed by atoms with Crippen molar-refractivity contribution in [3.05, 3.63) is 15.6 Å². The van der Waals surface area contributed by atoms with Crippen LogP contribution in [-0.4, -0.2) is 29.0 Å². The molecule has 1 aliphatic rings. The number of aryl methyl sites for hydroxylation is 2. The number of nitrogens with zero attached hydrogens (tertiary/aromatic N) is 2. The highest BCUT2D eigenvalue weighted by molar-refractivity contribution is 7.11. The van der Waals surface area contributed by atoms with E-state index >= 15 is 0 Å². The Morgan fingerprint density at radius 3 is 2.78 bits per heavy atom. The Bertz CT molecular complexity index is 365. The van der Waals surface area contributed by atoms with Crippen molar-refractivity contribution in [2.45, 2.75) is 52.1 Å². The maximum absolute atomic E-state index is 5.71. The quantitative estimate of drug-likeness (QED) is 0.927. The molecule has 104 valence electrons. The number of hydrogen-bond acceptors (Lipinski definition) is 4. The maximum atomic E-state index is 5.71. The number of piperidine rings is 1. The minimum absolute atomic E-state index is 0. The highest BCUT2D eigenvalue weighted by Gasteiger charge is 2.22.